The first kappa shape index (κ1) is 14.4. The van der Waals surface area contributed by atoms with Gasteiger partial charge in [-0.2, -0.15) is 4.31 Å². The molecule has 0 atom stereocenters. The predicted molar refractivity (Wildman–Crippen MR) is 67.4 cm³/mol. The highest BCUT2D eigenvalue weighted by Gasteiger charge is 2.33. The summed E-state index contributed by atoms with van der Waals surface area (Å²) in [4.78, 5) is -1.01. The van der Waals surface area contributed by atoms with Crippen molar-refractivity contribution in [2.75, 3.05) is 30.3 Å². The molecule has 1 aromatic carbocycles. The molecule has 1 saturated heterocycles. The molecule has 0 spiro atoms. The SMILES string of the molecule is Nc1cc(F)c(S(=O)(=O)N2CCS(=O)CC2)c(F)c1. The quantitative estimate of drug-likeness (QED) is 0.797. The van der Waals surface area contributed by atoms with E-state index in [9.17, 15) is 21.4 Å². The molecule has 106 valence electrons. The highest BCUT2D eigenvalue weighted by Crippen LogP contribution is 2.25. The van der Waals surface area contributed by atoms with E-state index in [0.29, 0.717) is 0 Å². The summed E-state index contributed by atoms with van der Waals surface area (Å²) in [7, 11) is -5.35. The number of benzene rings is 1. The first-order chi connectivity index (χ1) is 8.82. The molecule has 0 amide bonds. The predicted octanol–water partition coefficient (Wildman–Crippen LogP) is 0.300. The molecule has 1 aliphatic rings. The molecule has 5 nitrogen and oxygen atoms in total. The topological polar surface area (TPSA) is 80.5 Å². The van der Waals surface area contributed by atoms with Gasteiger partial charge in [-0.15, -0.1) is 0 Å². The van der Waals surface area contributed by atoms with E-state index < -0.39 is 37.4 Å². The summed E-state index contributed by atoms with van der Waals surface area (Å²) in [5, 5.41) is 0. The van der Waals surface area contributed by atoms with Crippen molar-refractivity contribution in [3.8, 4) is 0 Å². The number of hydrogen-bond donors (Lipinski definition) is 1. The smallest absolute Gasteiger partial charge is 0.248 e. The molecule has 1 fully saturated rings. The van der Waals surface area contributed by atoms with Crippen molar-refractivity contribution in [2.45, 2.75) is 4.90 Å². The summed E-state index contributed by atoms with van der Waals surface area (Å²) in [6.07, 6.45) is 0. The Hall–Kier alpha value is -1.06. The van der Waals surface area contributed by atoms with E-state index in [0.717, 1.165) is 16.4 Å². The van der Waals surface area contributed by atoms with Gasteiger partial charge >= 0.3 is 0 Å². The number of rotatable bonds is 2. The molecule has 0 radical (unpaired) electrons. The highest BCUT2D eigenvalue weighted by atomic mass is 32.2. The summed E-state index contributed by atoms with van der Waals surface area (Å²) in [6, 6.07) is 1.52. The molecular formula is C10H12F2N2O3S2. The van der Waals surface area contributed by atoms with Gasteiger partial charge in [0.05, 0.1) is 0 Å². The van der Waals surface area contributed by atoms with Gasteiger partial charge in [0.25, 0.3) is 0 Å². The molecule has 0 aromatic heterocycles. The fraction of sp³-hybridized carbons (Fsp3) is 0.400. The van der Waals surface area contributed by atoms with Crippen molar-refractivity contribution in [2.24, 2.45) is 0 Å². The van der Waals surface area contributed by atoms with E-state index in [-0.39, 0.29) is 30.3 Å². The summed E-state index contributed by atoms with van der Waals surface area (Å²) in [5.74, 6) is -2.11. The van der Waals surface area contributed by atoms with Crippen LogP contribution in [0.1, 0.15) is 0 Å². The highest BCUT2D eigenvalue weighted by molar-refractivity contribution is 7.89. The lowest BCUT2D eigenvalue weighted by Gasteiger charge is -2.25. The van der Waals surface area contributed by atoms with E-state index in [1.165, 1.54) is 0 Å². The fourth-order valence-corrected chi connectivity index (χ4v) is 4.63. The number of nitrogens with zero attached hydrogens (tertiary/aromatic N) is 1. The van der Waals surface area contributed by atoms with Gasteiger partial charge in [-0.05, 0) is 12.1 Å². The lowest BCUT2D eigenvalue weighted by Crippen LogP contribution is -2.42. The fourth-order valence-electron chi connectivity index (χ4n) is 1.82. The zero-order chi connectivity index (χ0) is 14.2. The van der Waals surface area contributed by atoms with Crippen molar-refractivity contribution >= 4 is 26.5 Å². The van der Waals surface area contributed by atoms with Gasteiger partial charge < -0.3 is 5.73 Å². The first-order valence-corrected chi connectivity index (χ1v) is 8.35. The van der Waals surface area contributed by atoms with Crippen LogP contribution in [-0.2, 0) is 20.8 Å². The molecular weight excluding hydrogens is 298 g/mol. The number of halogens is 2. The van der Waals surface area contributed by atoms with E-state index in [1.807, 2.05) is 0 Å². The monoisotopic (exact) mass is 310 g/mol. The van der Waals surface area contributed by atoms with Crippen molar-refractivity contribution in [1.29, 1.82) is 0 Å². The standard InChI is InChI=1S/C10H12F2N2O3S2/c11-8-5-7(13)6-9(12)10(8)19(16,17)14-1-3-18(15)4-2-14/h5-6H,1-4,13H2. The Morgan fingerprint density at radius 1 is 1.16 bits per heavy atom. The van der Waals surface area contributed by atoms with Crippen LogP contribution in [0.15, 0.2) is 17.0 Å². The van der Waals surface area contributed by atoms with Gasteiger partial charge in [0.2, 0.25) is 10.0 Å². The molecule has 0 saturated carbocycles. The minimum atomic E-state index is -4.27. The average molecular weight is 310 g/mol. The lowest BCUT2D eigenvalue weighted by atomic mass is 10.3. The Labute approximate surface area is 111 Å². The zero-order valence-corrected chi connectivity index (χ0v) is 11.4. The minimum Gasteiger partial charge on any atom is -0.399 e. The molecule has 19 heavy (non-hydrogen) atoms. The third kappa shape index (κ3) is 2.77. The molecule has 0 aliphatic carbocycles. The van der Waals surface area contributed by atoms with Crippen LogP contribution in [-0.4, -0.2) is 41.5 Å². The van der Waals surface area contributed by atoms with E-state index >= 15 is 0 Å². The Kier molecular flexibility index (Phi) is 3.88. The maximum Gasteiger partial charge on any atom is 0.248 e. The number of hydrogen-bond acceptors (Lipinski definition) is 4. The molecule has 1 aromatic rings. The Morgan fingerprint density at radius 3 is 2.11 bits per heavy atom. The lowest BCUT2D eigenvalue weighted by molar-refractivity contribution is 0.426. The second kappa shape index (κ2) is 5.14. The van der Waals surface area contributed by atoms with Gasteiger partial charge in [-0.25, -0.2) is 17.2 Å². The van der Waals surface area contributed by atoms with Crippen LogP contribution >= 0.6 is 0 Å². The van der Waals surface area contributed by atoms with Gasteiger partial charge in [0, 0.05) is 41.1 Å². The number of nitrogen functional groups attached to an aromatic ring is 1. The minimum absolute atomic E-state index is 0.0157. The molecule has 2 rings (SSSR count). The number of nitrogens with two attached hydrogens (primary N) is 1. The number of sulfonamides is 1. The normalized spacial score (nSPS) is 18.6. The largest absolute Gasteiger partial charge is 0.399 e. The molecule has 0 unspecified atom stereocenters. The van der Waals surface area contributed by atoms with Crippen LogP contribution in [0.4, 0.5) is 14.5 Å². The van der Waals surface area contributed by atoms with Crippen LogP contribution in [0.25, 0.3) is 0 Å². The average Bonchev–Trinajstić information content (AvgIpc) is 2.27. The Morgan fingerprint density at radius 2 is 1.63 bits per heavy atom. The summed E-state index contributed by atoms with van der Waals surface area (Å²) in [5.41, 5.74) is 5.05. The van der Waals surface area contributed by atoms with Crippen LogP contribution in [0.5, 0.6) is 0 Å². The van der Waals surface area contributed by atoms with Gasteiger partial charge in [-0.1, -0.05) is 0 Å². The molecule has 1 aliphatic heterocycles. The van der Waals surface area contributed by atoms with Gasteiger partial charge in [0.15, 0.2) is 4.90 Å². The zero-order valence-electron chi connectivity index (χ0n) is 9.80. The van der Waals surface area contributed by atoms with Crippen molar-refractivity contribution in [3.63, 3.8) is 0 Å². The second-order valence-electron chi connectivity index (χ2n) is 4.07. The van der Waals surface area contributed by atoms with Crippen LogP contribution in [0, 0.1) is 11.6 Å². The number of anilines is 1. The van der Waals surface area contributed by atoms with Crippen molar-refractivity contribution < 1.29 is 21.4 Å². The maximum atomic E-state index is 13.7. The third-order valence-electron chi connectivity index (χ3n) is 2.76. The molecule has 0 bridgehead atoms. The van der Waals surface area contributed by atoms with Crippen LogP contribution < -0.4 is 5.73 Å². The summed E-state index contributed by atoms with van der Waals surface area (Å²) in [6.45, 7) is -0.0313. The molecule has 1 heterocycles. The third-order valence-corrected chi connectivity index (χ3v) is 5.98. The second-order valence-corrected chi connectivity index (χ2v) is 7.64. The summed E-state index contributed by atoms with van der Waals surface area (Å²) < 4.78 is 63.7. The van der Waals surface area contributed by atoms with Crippen molar-refractivity contribution in [1.82, 2.24) is 4.31 Å². The van der Waals surface area contributed by atoms with Gasteiger partial charge in [-0.3, -0.25) is 4.21 Å². The van der Waals surface area contributed by atoms with E-state index in [1.54, 1.807) is 0 Å². The van der Waals surface area contributed by atoms with E-state index in [4.69, 9.17) is 5.73 Å². The Bertz CT molecular complexity index is 601. The first-order valence-electron chi connectivity index (χ1n) is 5.42. The molecule has 9 heteroatoms. The Balaban J connectivity index is 2.43. The summed E-state index contributed by atoms with van der Waals surface area (Å²) >= 11 is 0. The van der Waals surface area contributed by atoms with Crippen LogP contribution in [0.2, 0.25) is 0 Å². The van der Waals surface area contributed by atoms with Crippen molar-refractivity contribution in [3.05, 3.63) is 23.8 Å². The van der Waals surface area contributed by atoms with Crippen LogP contribution in [0.3, 0.4) is 0 Å². The maximum absolute atomic E-state index is 13.7. The van der Waals surface area contributed by atoms with E-state index in [2.05, 4.69) is 0 Å². The van der Waals surface area contributed by atoms with Gasteiger partial charge in [0.1, 0.15) is 11.6 Å². The molecule has 2 N–H and O–H groups in total.